The molecule has 2 aromatic heterocycles. The van der Waals surface area contributed by atoms with Crippen LogP contribution in [0.5, 0.6) is 0 Å². The third kappa shape index (κ3) is 3.12. The summed E-state index contributed by atoms with van der Waals surface area (Å²) in [6.07, 6.45) is 0.891. The van der Waals surface area contributed by atoms with Crippen LogP contribution < -0.4 is 10.5 Å². The van der Waals surface area contributed by atoms with E-state index < -0.39 is 10.0 Å². The molecule has 0 aliphatic heterocycles. The minimum Gasteiger partial charge on any atom is -0.464 e. The zero-order valence-corrected chi connectivity index (χ0v) is 13.1. The summed E-state index contributed by atoms with van der Waals surface area (Å²) in [5, 5.41) is 1.97. The van der Waals surface area contributed by atoms with E-state index >= 15 is 0 Å². The summed E-state index contributed by atoms with van der Waals surface area (Å²) in [6, 6.07) is 3.50. The smallest absolute Gasteiger partial charge is 0.244 e. The summed E-state index contributed by atoms with van der Waals surface area (Å²) in [7, 11) is -3.57. The van der Waals surface area contributed by atoms with Crippen LogP contribution in [0.15, 0.2) is 26.8 Å². The second kappa shape index (κ2) is 6.09. The second-order valence-electron chi connectivity index (χ2n) is 4.38. The molecule has 0 atom stereocenters. The lowest BCUT2D eigenvalue weighted by molar-refractivity contribution is 0.478. The molecule has 0 aliphatic carbocycles. The Kier molecular flexibility index (Phi) is 4.64. The Morgan fingerprint density at radius 1 is 1.45 bits per heavy atom. The molecule has 3 N–H and O–H groups in total. The summed E-state index contributed by atoms with van der Waals surface area (Å²) in [6.45, 7) is 4.15. The maximum Gasteiger partial charge on any atom is 0.244 e. The van der Waals surface area contributed by atoms with Gasteiger partial charge in [-0.3, -0.25) is 0 Å². The highest BCUT2D eigenvalue weighted by Crippen LogP contribution is 2.21. The minimum atomic E-state index is -3.57. The number of furan rings is 1. The first kappa shape index (κ1) is 15.2. The number of hydrogen-bond acceptors (Lipinski definition) is 5. The Bertz CT molecular complexity index is 686. The van der Waals surface area contributed by atoms with Crippen molar-refractivity contribution < 1.29 is 12.8 Å². The monoisotopic (exact) mass is 314 g/mol. The molecular formula is C13H18N2O3S2. The maximum atomic E-state index is 12.3. The molecule has 2 aromatic rings. The zero-order valence-electron chi connectivity index (χ0n) is 11.5. The molecule has 0 aromatic carbocycles. The van der Waals surface area contributed by atoms with Gasteiger partial charge in [0.25, 0.3) is 0 Å². The van der Waals surface area contributed by atoms with Gasteiger partial charge in [-0.25, -0.2) is 13.1 Å². The van der Waals surface area contributed by atoms with Crippen LogP contribution in [0.25, 0.3) is 0 Å². The molecule has 2 rings (SSSR count). The van der Waals surface area contributed by atoms with Gasteiger partial charge in [0, 0.05) is 17.5 Å². The van der Waals surface area contributed by atoms with E-state index in [-0.39, 0.29) is 11.4 Å². The number of sulfonamides is 1. The highest BCUT2D eigenvalue weighted by molar-refractivity contribution is 7.89. The van der Waals surface area contributed by atoms with Crippen LogP contribution in [0.3, 0.4) is 0 Å². The fourth-order valence-corrected chi connectivity index (χ4v) is 4.17. The molecule has 0 spiro atoms. The maximum absolute atomic E-state index is 12.3. The molecule has 0 unspecified atom stereocenters. The molecule has 0 saturated carbocycles. The van der Waals surface area contributed by atoms with E-state index in [1.165, 1.54) is 11.6 Å². The van der Waals surface area contributed by atoms with Crippen molar-refractivity contribution in [2.24, 2.45) is 5.73 Å². The van der Waals surface area contributed by atoms with Crippen LogP contribution in [0, 0.1) is 6.92 Å². The van der Waals surface area contributed by atoms with Crippen LogP contribution in [-0.4, -0.2) is 8.42 Å². The van der Waals surface area contributed by atoms with Crippen molar-refractivity contribution in [2.45, 2.75) is 38.3 Å². The third-order valence-electron chi connectivity index (χ3n) is 3.06. The predicted octanol–water partition coefficient (Wildman–Crippen LogP) is 2.15. The number of aryl methyl sites for hydroxylation is 2. The van der Waals surface area contributed by atoms with Crippen LogP contribution in [0.1, 0.15) is 28.9 Å². The van der Waals surface area contributed by atoms with Gasteiger partial charge in [-0.15, -0.1) is 11.3 Å². The molecule has 5 nitrogen and oxygen atoms in total. The zero-order chi connectivity index (χ0) is 14.8. The van der Waals surface area contributed by atoms with E-state index in [0.29, 0.717) is 18.1 Å². The summed E-state index contributed by atoms with van der Waals surface area (Å²) >= 11 is 1.55. The molecule has 0 radical (unpaired) electrons. The van der Waals surface area contributed by atoms with Crippen LogP contribution >= 0.6 is 11.3 Å². The van der Waals surface area contributed by atoms with E-state index in [1.54, 1.807) is 18.3 Å². The molecule has 7 heteroatoms. The number of nitrogens with one attached hydrogen (secondary N) is 1. The van der Waals surface area contributed by atoms with Gasteiger partial charge in [0.05, 0.1) is 6.54 Å². The van der Waals surface area contributed by atoms with Gasteiger partial charge in [-0.2, -0.15) is 0 Å². The average Bonchev–Trinajstić information content (AvgIpc) is 3.02. The Labute approximate surface area is 122 Å². The Morgan fingerprint density at radius 3 is 2.80 bits per heavy atom. The van der Waals surface area contributed by atoms with Gasteiger partial charge >= 0.3 is 0 Å². The molecule has 0 fully saturated rings. The Balaban J connectivity index is 2.17. The second-order valence-corrected chi connectivity index (χ2v) is 7.12. The number of rotatable bonds is 6. The topological polar surface area (TPSA) is 85.3 Å². The fourth-order valence-electron chi connectivity index (χ4n) is 1.97. The van der Waals surface area contributed by atoms with Crippen molar-refractivity contribution in [3.8, 4) is 0 Å². The van der Waals surface area contributed by atoms with E-state index in [9.17, 15) is 8.42 Å². The largest absolute Gasteiger partial charge is 0.464 e. The summed E-state index contributed by atoms with van der Waals surface area (Å²) in [5.74, 6) is 0.827. The van der Waals surface area contributed by atoms with Gasteiger partial charge in [-0.1, -0.05) is 6.92 Å². The van der Waals surface area contributed by atoms with Gasteiger partial charge in [0.1, 0.15) is 16.4 Å². The first-order valence-electron chi connectivity index (χ1n) is 6.32. The van der Waals surface area contributed by atoms with E-state index in [2.05, 4.69) is 4.72 Å². The minimum absolute atomic E-state index is 0.160. The summed E-state index contributed by atoms with van der Waals surface area (Å²) < 4.78 is 32.4. The van der Waals surface area contributed by atoms with Crippen molar-refractivity contribution >= 4 is 21.4 Å². The SMILES string of the molecule is CCc1ccsc1CNS(=O)(=O)c1cc(CN)oc1C. The molecule has 0 bridgehead atoms. The molecule has 20 heavy (non-hydrogen) atoms. The van der Waals surface area contributed by atoms with Crippen LogP contribution in [-0.2, 0) is 29.5 Å². The van der Waals surface area contributed by atoms with Gasteiger partial charge in [0.2, 0.25) is 10.0 Å². The van der Waals surface area contributed by atoms with E-state index in [1.807, 2.05) is 18.4 Å². The Morgan fingerprint density at radius 2 is 2.20 bits per heavy atom. The third-order valence-corrected chi connectivity index (χ3v) is 5.53. The van der Waals surface area contributed by atoms with Crippen LogP contribution in [0.2, 0.25) is 0 Å². The molecule has 0 aliphatic rings. The lowest BCUT2D eigenvalue weighted by Gasteiger charge is -2.05. The van der Waals surface area contributed by atoms with E-state index in [4.69, 9.17) is 10.2 Å². The average molecular weight is 314 g/mol. The van der Waals surface area contributed by atoms with Crippen molar-refractivity contribution in [3.05, 3.63) is 39.5 Å². The quantitative estimate of drug-likeness (QED) is 0.855. The Hall–Kier alpha value is -1.15. The highest BCUT2D eigenvalue weighted by Gasteiger charge is 2.21. The normalized spacial score (nSPS) is 11.9. The van der Waals surface area contributed by atoms with Gasteiger partial charge in [-0.05, 0) is 30.4 Å². The van der Waals surface area contributed by atoms with Crippen molar-refractivity contribution in [3.63, 3.8) is 0 Å². The van der Waals surface area contributed by atoms with Gasteiger partial charge < -0.3 is 10.2 Å². The summed E-state index contributed by atoms with van der Waals surface area (Å²) in [5.41, 5.74) is 6.63. The summed E-state index contributed by atoms with van der Waals surface area (Å²) in [4.78, 5) is 1.20. The van der Waals surface area contributed by atoms with Crippen molar-refractivity contribution in [2.75, 3.05) is 0 Å². The van der Waals surface area contributed by atoms with E-state index in [0.717, 1.165) is 11.3 Å². The van der Waals surface area contributed by atoms with Crippen molar-refractivity contribution in [1.82, 2.24) is 4.72 Å². The molecular weight excluding hydrogens is 296 g/mol. The fraction of sp³-hybridized carbons (Fsp3) is 0.385. The highest BCUT2D eigenvalue weighted by atomic mass is 32.2. The molecule has 2 heterocycles. The molecule has 0 saturated heterocycles. The van der Waals surface area contributed by atoms with Crippen LogP contribution in [0.4, 0.5) is 0 Å². The lowest BCUT2D eigenvalue weighted by Crippen LogP contribution is -2.23. The number of hydrogen-bond donors (Lipinski definition) is 2. The van der Waals surface area contributed by atoms with Gasteiger partial charge in [0.15, 0.2) is 0 Å². The van der Waals surface area contributed by atoms with Crippen molar-refractivity contribution in [1.29, 1.82) is 0 Å². The standard InChI is InChI=1S/C13H18N2O3S2/c1-3-10-4-5-19-12(10)8-15-20(16,17)13-6-11(7-14)18-9(13)2/h4-6,15H,3,7-8,14H2,1-2H3. The predicted molar refractivity (Wildman–Crippen MR) is 79.1 cm³/mol. The number of thiophene rings is 1. The first-order chi connectivity index (χ1) is 9.47. The lowest BCUT2D eigenvalue weighted by atomic mass is 10.2. The number of nitrogens with two attached hydrogens (primary N) is 1. The molecule has 0 amide bonds. The first-order valence-corrected chi connectivity index (χ1v) is 8.68. The molecule has 110 valence electrons.